The van der Waals surface area contributed by atoms with Crippen molar-refractivity contribution in [3.05, 3.63) is 88.3 Å². The molecule has 0 saturated carbocycles. The summed E-state index contributed by atoms with van der Waals surface area (Å²) in [5, 5.41) is 6.54. The maximum Gasteiger partial charge on any atom is 0.242 e. The van der Waals surface area contributed by atoms with Crippen molar-refractivity contribution in [1.82, 2.24) is 15.0 Å². The number of hydrogen-bond donors (Lipinski definition) is 4. The molecule has 0 spiro atoms. The zero-order valence-corrected chi connectivity index (χ0v) is 25.3. The molecular weight excluding hydrogens is 593 g/mol. The molecule has 3 aromatic rings. The number of aromatic nitrogens is 1. The van der Waals surface area contributed by atoms with E-state index in [4.69, 9.17) is 28.5 Å². The minimum Gasteiger partial charge on any atom is -0.481 e. The molecule has 0 aliphatic carbocycles. The van der Waals surface area contributed by atoms with Gasteiger partial charge >= 0.3 is 0 Å². The summed E-state index contributed by atoms with van der Waals surface area (Å²) in [4.78, 5) is 17.9. The average molecular weight is 628 g/mol. The van der Waals surface area contributed by atoms with Crippen LogP contribution in [0.25, 0.3) is 0 Å². The van der Waals surface area contributed by atoms with E-state index in [0.717, 1.165) is 5.56 Å². The molecule has 0 radical (unpaired) electrons. The number of amides is 1. The van der Waals surface area contributed by atoms with Gasteiger partial charge in [-0.3, -0.25) is 4.79 Å². The van der Waals surface area contributed by atoms with Gasteiger partial charge in [-0.05, 0) is 61.1 Å². The number of halogens is 2. The zero-order valence-electron chi connectivity index (χ0n) is 23.7. The van der Waals surface area contributed by atoms with Crippen molar-refractivity contribution in [2.24, 2.45) is 5.73 Å². The van der Waals surface area contributed by atoms with Crippen molar-refractivity contribution < 1.29 is 22.3 Å². The molecule has 1 aromatic heterocycles. The highest BCUT2D eigenvalue weighted by atomic mass is 35.5. The number of methoxy groups -OCH3 is 1. The lowest BCUT2D eigenvalue weighted by Gasteiger charge is -2.25. The van der Waals surface area contributed by atoms with Crippen LogP contribution in [-0.2, 0) is 21.2 Å². The van der Waals surface area contributed by atoms with Gasteiger partial charge in [0.2, 0.25) is 21.8 Å². The number of nitrogens with zero attached hydrogens (tertiary/aromatic N) is 1. The van der Waals surface area contributed by atoms with Gasteiger partial charge in [-0.1, -0.05) is 41.8 Å². The molecule has 4 rings (SSSR count). The van der Waals surface area contributed by atoms with Crippen LogP contribution in [-0.4, -0.2) is 56.8 Å². The van der Waals surface area contributed by atoms with Gasteiger partial charge < -0.3 is 21.1 Å². The largest absolute Gasteiger partial charge is 0.481 e. The highest BCUT2D eigenvalue weighted by Gasteiger charge is 2.29. The molecule has 1 aliphatic rings. The molecule has 2 heterocycles. The van der Waals surface area contributed by atoms with Crippen LogP contribution in [0.3, 0.4) is 0 Å². The van der Waals surface area contributed by atoms with Crippen molar-refractivity contribution >= 4 is 33.2 Å². The Balaban J connectivity index is 1.55. The molecule has 1 aliphatic heterocycles. The van der Waals surface area contributed by atoms with E-state index in [1.54, 1.807) is 48.7 Å². The highest BCUT2D eigenvalue weighted by molar-refractivity contribution is 7.89. The molecule has 1 fully saturated rings. The van der Waals surface area contributed by atoms with E-state index in [-0.39, 0.29) is 42.4 Å². The Bertz CT molecular complexity index is 1550. The second-order valence-corrected chi connectivity index (χ2v) is 12.7. The summed E-state index contributed by atoms with van der Waals surface area (Å²) >= 11 is 6.10. The summed E-state index contributed by atoms with van der Waals surface area (Å²) in [5.41, 5.74) is 8.47. The van der Waals surface area contributed by atoms with Gasteiger partial charge in [0.1, 0.15) is 5.82 Å². The number of anilines is 1. The summed E-state index contributed by atoms with van der Waals surface area (Å²) in [6, 6.07) is 13.0. The van der Waals surface area contributed by atoms with Crippen LogP contribution in [0.1, 0.15) is 41.9 Å². The van der Waals surface area contributed by atoms with E-state index in [1.165, 1.54) is 19.2 Å². The fourth-order valence-corrected chi connectivity index (χ4v) is 6.61. The Hall–Kier alpha value is -3.53. The summed E-state index contributed by atoms with van der Waals surface area (Å²) in [5.74, 6) is 1.35. The van der Waals surface area contributed by atoms with E-state index in [2.05, 4.69) is 26.3 Å². The average Bonchev–Trinajstić information content (AvgIpc) is 3.06. The smallest absolute Gasteiger partial charge is 0.242 e. The molecule has 5 N–H and O–H groups in total. The van der Waals surface area contributed by atoms with E-state index in [0.29, 0.717) is 29.3 Å². The van der Waals surface area contributed by atoms with Crippen molar-refractivity contribution in [1.29, 1.82) is 0 Å². The van der Waals surface area contributed by atoms with Crippen LogP contribution in [0.4, 0.5) is 10.1 Å². The Morgan fingerprint density at radius 3 is 2.65 bits per heavy atom. The Morgan fingerprint density at radius 1 is 1.23 bits per heavy atom. The predicted octanol–water partition coefficient (Wildman–Crippen LogP) is 3.59. The van der Waals surface area contributed by atoms with Crippen LogP contribution >= 0.6 is 11.6 Å². The maximum atomic E-state index is 15.1. The lowest BCUT2D eigenvalue weighted by molar-refractivity contribution is -0.117. The molecule has 1 saturated heterocycles. The number of rotatable bonds is 9. The van der Waals surface area contributed by atoms with Crippen LogP contribution in [0.15, 0.2) is 60.8 Å². The predicted molar refractivity (Wildman–Crippen MR) is 166 cm³/mol. The van der Waals surface area contributed by atoms with Crippen molar-refractivity contribution in [3.63, 3.8) is 0 Å². The fraction of sp³-hybridized carbons (Fsp3) is 0.355. The lowest BCUT2D eigenvalue weighted by Crippen LogP contribution is -2.44. The first-order chi connectivity index (χ1) is 20.6. The fourth-order valence-electron chi connectivity index (χ4n) is 5.11. The summed E-state index contributed by atoms with van der Waals surface area (Å²) in [7, 11) is -2.02. The minimum absolute atomic E-state index is 0.0409. The molecule has 1 amide bonds. The van der Waals surface area contributed by atoms with Gasteiger partial charge in [0.05, 0.1) is 24.9 Å². The quantitative estimate of drug-likeness (QED) is 0.266. The standard InChI is InChI=1S/C31H35ClFN5O4S/c1-3-23-6-5-17-43(40,41)38-24(19-35-23)14-15-25-26(33)7-4-8-27(25)37-31(39)30(34)29(20-9-12-22(32)13-10-20)21-11-16-28(42-2)36-18-21/h1,4,7-13,16,18,23-24,29-30,35,38H,5-6,14-15,17,19,34H2,2H3,(H,37,39)/t23?,24?,29-,30-/m0/s1. The lowest BCUT2D eigenvalue weighted by atomic mass is 9.85. The number of carbonyl (C=O) groups excluding carboxylic acids is 1. The topological polar surface area (TPSA) is 135 Å². The van der Waals surface area contributed by atoms with E-state index < -0.39 is 39.7 Å². The molecule has 43 heavy (non-hydrogen) atoms. The molecule has 9 nitrogen and oxygen atoms in total. The van der Waals surface area contributed by atoms with E-state index >= 15 is 4.39 Å². The number of nitrogens with one attached hydrogen (secondary N) is 3. The van der Waals surface area contributed by atoms with E-state index in [9.17, 15) is 13.2 Å². The Kier molecular flexibility index (Phi) is 11.1. The molecule has 12 heteroatoms. The molecule has 228 valence electrons. The molecule has 2 unspecified atom stereocenters. The minimum atomic E-state index is -3.53. The number of hydrogen-bond acceptors (Lipinski definition) is 7. The van der Waals surface area contributed by atoms with Crippen molar-refractivity contribution in [2.75, 3.05) is 24.7 Å². The number of pyridine rings is 1. The third kappa shape index (κ3) is 8.75. The second kappa shape index (κ2) is 14.8. The number of terminal acetylenes is 1. The van der Waals surface area contributed by atoms with Gasteiger partial charge in [-0.15, -0.1) is 6.42 Å². The van der Waals surface area contributed by atoms with E-state index in [1.807, 2.05) is 0 Å². The van der Waals surface area contributed by atoms with Crippen LogP contribution in [0.5, 0.6) is 5.88 Å². The summed E-state index contributed by atoms with van der Waals surface area (Å²) in [6.45, 7) is 0.286. The number of nitrogens with two attached hydrogens (primary N) is 1. The third-order valence-corrected chi connectivity index (χ3v) is 9.17. The SMILES string of the molecule is C#CC1CCCS(=O)(=O)NC(CCc2c(F)cccc2NC(=O)[C@@H](N)[C@@H](c2ccc(Cl)cc2)c2ccc(OC)nc2)CN1. The molecule has 2 aromatic carbocycles. The first kappa shape index (κ1) is 32.4. The highest BCUT2D eigenvalue weighted by Crippen LogP contribution is 2.30. The van der Waals surface area contributed by atoms with Crippen LogP contribution in [0.2, 0.25) is 5.02 Å². The second-order valence-electron chi connectivity index (χ2n) is 10.4. The van der Waals surface area contributed by atoms with Crippen molar-refractivity contribution in [2.45, 2.75) is 49.7 Å². The Labute approximate surface area is 256 Å². The van der Waals surface area contributed by atoms with Gasteiger partial charge in [0.15, 0.2) is 0 Å². The third-order valence-electron chi connectivity index (χ3n) is 7.40. The molecular formula is C31H35ClFN5O4S. The number of carbonyl (C=O) groups is 1. The van der Waals surface area contributed by atoms with Gasteiger partial charge in [0, 0.05) is 47.0 Å². The van der Waals surface area contributed by atoms with Gasteiger partial charge in [-0.2, -0.15) is 0 Å². The molecule has 0 bridgehead atoms. The van der Waals surface area contributed by atoms with Crippen molar-refractivity contribution in [3.8, 4) is 18.2 Å². The van der Waals surface area contributed by atoms with Gasteiger partial charge in [0.25, 0.3) is 0 Å². The maximum absolute atomic E-state index is 15.1. The summed E-state index contributed by atoms with van der Waals surface area (Å²) in [6.07, 6.45) is 8.56. The Morgan fingerprint density at radius 2 is 1.98 bits per heavy atom. The monoisotopic (exact) mass is 627 g/mol. The van der Waals surface area contributed by atoms with Crippen LogP contribution in [0, 0.1) is 18.2 Å². The summed E-state index contributed by atoms with van der Waals surface area (Å²) < 4.78 is 48.1. The zero-order chi connectivity index (χ0) is 31.0. The number of sulfonamides is 1. The van der Waals surface area contributed by atoms with Gasteiger partial charge in [-0.25, -0.2) is 22.5 Å². The normalized spacial score (nSPS) is 20.0. The molecule has 4 atom stereocenters. The van der Waals surface area contributed by atoms with Crippen LogP contribution < -0.4 is 25.8 Å². The number of ether oxygens (including phenoxy) is 1. The number of benzene rings is 2. The first-order valence-electron chi connectivity index (χ1n) is 13.9. The first-order valence-corrected chi connectivity index (χ1v) is 15.9.